The summed E-state index contributed by atoms with van der Waals surface area (Å²) in [4.78, 5) is 22.1. The van der Waals surface area contributed by atoms with Gasteiger partial charge in [-0.2, -0.15) is 5.26 Å². The Kier molecular flexibility index (Phi) is 6.17. The monoisotopic (exact) mass is 430 g/mol. The molecule has 0 aliphatic carbocycles. The Balaban J connectivity index is 1.61. The molecule has 1 aromatic heterocycles. The molecule has 1 fully saturated rings. The van der Waals surface area contributed by atoms with E-state index in [1.54, 1.807) is 18.3 Å². The Morgan fingerprint density at radius 3 is 2.39 bits per heavy atom. The molecule has 4 rings (SSSR count). The smallest absolute Gasteiger partial charge is 0.224 e. The van der Waals surface area contributed by atoms with Crippen LogP contribution in [0.3, 0.4) is 0 Å². The molecule has 2 heterocycles. The van der Waals surface area contributed by atoms with Gasteiger partial charge in [-0.3, -0.25) is 14.6 Å². The maximum Gasteiger partial charge on any atom is 0.224 e. The fourth-order valence-corrected chi connectivity index (χ4v) is 5.48. The molecule has 6 heteroatoms. The van der Waals surface area contributed by atoms with Crippen molar-refractivity contribution in [1.82, 2.24) is 9.88 Å². The molecule has 1 aliphatic rings. The third-order valence-corrected chi connectivity index (χ3v) is 7.10. The van der Waals surface area contributed by atoms with Gasteiger partial charge in [0, 0.05) is 43.3 Å². The number of nitriles is 1. The van der Waals surface area contributed by atoms with Gasteiger partial charge < -0.3 is 0 Å². The van der Waals surface area contributed by atoms with E-state index >= 15 is 0 Å². The number of hydrogen-bond donors (Lipinski definition) is 0. The van der Waals surface area contributed by atoms with Crippen LogP contribution in [0.15, 0.2) is 60.0 Å². The highest BCUT2D eigenvalue weighted by atomic mass is 32.1. The van der Waals surface area contributed by atoms with Crippen LogP contribution in [0.5, 0.6) is 0 Å². The fourth-order valence-electron chi connectivity index (χ4n) is 4.43. The summed E-state index contributed by atoms with van der Waals surface area (Å²) >= 11 is 1.65. The van der Waals surface area contributed by atoms with Crippen LogP contribution in [-0.4, -0.2) is 28.9 Å². The number of para-hydroxylation sites is 1. The number of aryl methyl sites for hydroxylation is 1. The van der Waals surface area contributed by atoms with E-state index in [0.29, 0.717) is 5.56 Å². The maximum absolute atomic E-state index is 12.9. The molecule has 3 aromatic rings. The van der Waals surface area contributed by atoms with Gasteiger partial charge in [0.1, 0.15) is 10.5 Å². The number of carbonyl (C=O) groups is 1. The number of hydrogen-bond acceptors (Lipinski definition) is 5. The Hall–Kier alpha value is -3.01. The maximum atomic E-state index is 12.9. The van der Waals surface area contributed by atoms with Gasteiger partial charge in [-0.25, -0.2) is 4.98 Å². The number of piperidine rings is 1. The molecule has 0 bridgehead atoms. The van der Waals surface area contributed by atoms with E-state index in [-0.39, 0.29) is 5.91 Å². The second-order valence-corrected chi connectivity index (χ2v) is 8.96. The molecule has 0 spiro atoms. The zero-order chi connectivity index (χ0) is 21.8. The molecule has 5 nitrogen and oxygen atoms in total. The summed E-state index contributed by atoms with van der Waals surface area (Å²) in [6, 6.07) is 19.9. The van der Waals surface area contributed by atoms with E-state index in [0.717, 1.165) is 48.9 Å². The number of nitrogens with zero attached hydrogens (tertiary/aromatic N) is 4. The van der Waals surface area contributed by atoms with Crippen molar-refractivity contribution < 1.29 is 4.79 Å². The summed E-state index contributed by atoms with van der Waals surface area (Å²) in [6.07, 6.45) is 1.65. The van der Waals surface area contributed by atoms with Crippen molar-refractivity contribution in [3.8, 4) is 6.07 Å². The van der Waals surface area contributed by atoms with Crippen LogP contribution in [0.4, 0.5) is 5.69 Å². The second-order valence-electron chi connectivity index (χ2n) is 8.10. The molecule has 0 saturated carbocycles. The molecular formula is C25H26N4OS. The summed E-state index contributed by atoms with van der Waals surface area (Å²) in [7, 11) is 0. The summed E-state index contributed by atoms with van der Waals surface area (Å²) in [6.45, 7) is 6.24. The normalized spacial score (nSPS) is 15.9. The van der Waals surface area contributed by atoms with E-state index in [2.05, 4.69) is 16.3 Å². The van der Waals surface area contributed by atoms with E-state index in [1.165, 1.54) is 5.56 Å². The molecule has 0 unspecified atom stereocenters. The molecular weight excluding hydrogens is 404 g/mol. The quantitative estimate of drug-likeness (QED) is 0.580. The van der Waals surface area contributed by atoms with Gasteiger partial charge in [0.25, 0.3) is 0 Å². The van der Waals surface area contributed by atoms with Crippen LogP contribution in [0.1, 0.15) is 41.6 Å². The lowest BCUT2D eigenvalue weighted by molar-refractivity contribution is -0.118. The van der Waals surface area contributed by atoms with Crippen LogP contribution in [0.2, 0.25) is 0 Å². The first kappa shape index (κ1) is 21.2. The SMILES string of the molecule is CC(=O)N(c1ccccc1)C1(c2nc(C)cs2)CCN(Cc2ccc(C#N)cc2)CC1. The minimum absolute atomic E-state index is 0.0413. The van der Waals surface area contributed by atoms with Gasteiger partial charge in [0.15, 0.2) is 0 Å². The first-order valence-electron chi connectivity index (χ1n) is 10.5. The van der Waals surface area contributed by atoms with Crippen molar-refractivity contribution in [3.63, 3.8) is 0 Å². The fraction of sp³-hybridized carbons (Fsp3) is 0.320. The first-order valence-corrected chi connectivity index (χ1v) is 11.4. The van der Waals surface area contributed by atoms with Gasteiger partial charge in [-0.15, -0.1) is 11.3 Å². The van der Waals surface area contributed by atoms with Crippen LogP contribution in [0, 0.1) is 18.3 Å². The van der Waals surface area contributed by atoms with Gasteiger partial charge in [-0.1, -0.05) is 30.3 Å². The molecule has 31 heavy (non-hydrogen) atoms. The van der Waals surface area contributed by atoms with Gasteiger partial charge in [-0.05, 0) is 49.6 Å². The molecule has 1 saturated heterocycles. The Bertz CT molecular complexity index is 1080. The summed E-state index contributed by atoms with van der Waals surface area (Å²) in [5.74, 6) is 0.0413. The largest absolute Gasteiger partial charge is 0.300 e. The second kappa shape index (κ2) is 9.01. The first-order chi connectivity index (χ1) is 15.0. The summed E-state index contributed by atoms with van der Waals surface area (Å²) in [5.41, 5.74) is 3.36. The van der Waals surface area contributed by atoms with E-state index in [4.69, 9.17) is 10.2 Å². The van der Waals surface area contributed by atoms with Crippen molar-refractivity contribution in [2.24, 2.45) is 0 Å². The number of amides is 1. The van der Waals surface area contributed by atoms with Crippen molar-refractivity contribution in [2.45, 2.75) is 38.8 Å². The lowest BCUT2D eigenvalue weighted by atomic mass is 9.85. The average molecular weight is 431 g/mol. The van der Waals surface area contributed by atoms with E-state index < -0.39 is 5.54 Å². The lowest BCUT2D eigenvalue weighted by Gasteiger charge is -2.47. The highest BCUT2D eigenvalue weighted by molar-refractivity contribution is 7.09. The van der Waals surface area contributed by atoms with Crippen molar-refractivity contribution in [3.05, 3.63) is 81.8 Å². The Morgan fingerprint density at radius 1 is 1.16 bits per heavy atom. The van der Waals surface area contributed by atoms with Crippen LogP contribution >= 0.6 is 11.3 Å². The molecule has 0 N–H and O–H groups in total. The van der Waals surface area contributed by atoms with Crippen LogP contribution in [-0.2, 0) is 16.9 Å². The van der Waals surface area contributed by atoms with Gasteiger partial charge in [0.05, 0.1) is 11.6 Å². The van der Waals surface area contributed by atoms with Crippen molar-refractivity contribution in [2.75, 3.05) is 18.0 Å². The summed E-state index contributed by atoms with van der Waals surface area (Å²) < 4.78 is 0. The van der Waals surface area contributed by atoms with Crippen molar-refractivity contribution >= 4 is 22.9 Å². The van der Waals surface area contributed by atoms with Crippen LogP contribution in [0.25, 0.3) is 0 Å². The molecule has 1 aliphatic heterocycles. The molecule has 0 radical (unpaired) electrons. The Morgan fingerprint density at radius 2 is 1.84 bits per heavy atom. The lowest BCUT2D eigenvalue weighted by Crippen LogP contribution is -2.55. The Labute approximate surface area is 187 Å². The highest BCUT2D eigenvalue weighted by Gasteiger charge is 2.45. The van der Waals surface area contributed by atoms with E-state index in [1.807, 2.05) is 66.4 Å². The van der Waals surface area contributed by atoms with E-state index in [9.17, 15) is 4.79 Å². The van der Waals surface area contributed by atoms with Crippen molar-refractivity contribution in [1.29, 1.82) is 5.26 Å². The zero-order valence-electron chi connectivity index (χ0n) is 17.9. The number of likely N-dealkylation sites (tertiary alicyclic amines) is 1. The predicted molar refractivity (Wildman–Crippen MR) is 124 cm³/mol. The third kappa shape index (κ3) is 4.39. The molecule has 1 amide bonds. The molecule has 0 atom stereocenters. The predicted octanol–water partition coefficient (Wildman–Crippen LogP) is 4.87. The number of anilines is 1. The number of thiazole rings is 1. The average Bonchev–Trinajstić information content (AvgIpc) is 3.23. The summed E-state index contributed by atoms with van der Waals surface area (Å²) in [5, 5.41) is 12.1. The minimum atomic E-state index is -0.437. The zero-order valence-corrected chi connectivity index (χ0v) is 18.7. The molecule has 158 valence electrons. The number of carbonyl (C=O) groups excluding carboxylic acids is 1. The number of aromatic nitrogens is 1. The highest BCUT2D eigenvalue weighted by Crippen LogP contribution is 2.43. The number of benzene rings is 2. The van der Waals surface area contributed by atoms with Gasteiger partial charge in [0.2, 0.25) is 5.91 Å². The third-order valence-electron chi connectivity index (χ3n) is 5.95. The van der Waals surface area contributed by atoms with Gasteiger partial charge >= 0.3 is 0 Å². The van der Waals surface area contributed by atoms with Crippen LogP contribution < -0.4 is 4.90 Å². The standard InChI is InChI=1S/C25H26N4OS/c1-19-18-31-24(27-19)25(29(20(2)30)23-6-4-3-5-7-23)12-14-28(15-13-25)17-22-10-8-21(16-26)9-11-22/h3-11,18H,12-15,17H2,1-2H3. The topological polar surface area (TPSA) is 60.2 Å². The minimum Gasteiger partial charge on any atom is -0.300 e. The molecule has 2 aromatic carbocycles. The number of rotatable bonds is 5.